The van der Waals surface area contributed by atoms with Crippen LogP contribution in [0.5, 0.6) is 0 Å². The quantitative estimate of drug-likeness (QED) is 0.520. The van der Waals surface area contributed by atoms with Crippen molar-refractivity contribution in [3.05, 3.63) is 92.4 Å². The fraction of sp³-hybridized carbons (Fsp3) is 0.217. The van der Waals surface area contributed by atoms with Gasteiger partial charge in [0.2, 0.25) is 5.91 Å². The Morgan fingerprint density at radius 2 is 1.81 bits per heavy atom. The van der Waals surface area contributed by atoms with Crippen LogP contribution in [0.2, 0.25) is 0 Å². The van der Waals surface area contributed by atoms with Crippen LogP contribution in [0, 0.1) is 13.8 Å². The first-order valence-corrected chi connectivity index (χ1v) is 9.98. The molecule has 0 aliphatic heterocycles. The molecule has 0 fully saturated rings. The number of hydrogen-bond acceptors (Lipinski definition) is 4. The number of aromatic amines is 1. The van der Waals surface area contributed by atoms with Crippen molar-refractivity contribution in [3.63, 3.8) is 0 Å². The molecule has 4 rings (SSSR count). The molecular formula is C23H23N5O3. The lowest BCUT2D eigenvalue weighted by Gasteiger charge is -2.15. The number of amides is 1. The average molecular weight is 417 g/mol. The summed E-state index contributed by atoms with van der Waals surface area (Å²) in [7, 11) is 0. The van der Waals surface area contributed by atoms with Gasteiger partial charge in [-0.15, -0.1) is 0 Å². The molecule has 0 aliphatic carbocycles. The number of aromatic nitrogens is 4. The van der Waals surface area contributed by atoms with Crippen LogP contribution in [0.15, 0.2) is 64.3 Å². The van der Waals surface area contributed by atoms with Gasteiger partial charge in [-0.1, -0.05) is 29.8 Å². The molecule has 0 unspecified atom stereocenters. The van der Waals surface area contributed by atoms with Crippen LogP contribution >= 0.6 is 0 Å². The first kappa shape index (κ1) is 20.3. The molecule has 0 saturated heterocycles. The third-order valence-electron chi connectivity index (χ3n) is 5.38. The van der Waals surface area contributed by atoms with E-state index in [0.29, 0.717) is 10.9 Å². The standard InChI is InChI=1S/C23H23N5O3/c1-14-8-10-17(11-9-14)28-16(3)19(12-24-28)15(2)25-21(29)13-27-20-7-5-4-6-18(20)22(30)26-23(27)31/h4-12,15H,13H2,1-3H3,(H,25,29)(H,26,30,31)/t15-/m1/s1. The summed E-state index contributed by atoms with van der Waals surface area (Å²) >= 11 is 0. The predicted molar refractivity (Wildman–Crippen MR) is 118 cm³/mol. The van der Waals surface area contributed by atoms with Crippen molar-refractivity contribution in [2.45, 2.75) is 33.4 Å². The lowest BCUT2D eigenvalue weighted by molar-refractivity contribution is -0.122. The fourth-order valence-corrected chi connectivity index (χ4v) is 3.70. The number of carbonyl (C=O) groups excluding carboxylic acids is 1. The van der Waals surface area contributed by atoms with Crippen molar-refractivity contribution >= 4 is 16.8 Å². The van der Waals surface area contributed by atoms with Crippen molar-refractivity contribution in [2.75, 3.05) is 0 Å². The molecule has 8 nitrogen and oxygen atoms in total. The van der Waals surface area contributed by atoms with E-state index >= 15 is 0 Å². The maximum atomic E-state index is 12.7. The summed E-state index contributed by atoms with van der Waals surface area (Å²) in [6, 6.07) is 14.4. The topological polar surface area (TPSA) is 102 Å². The fourth-order valence-electron chi connectivity index (χ4n) is 3.70. The van der Waals surface area contributed by atoms with Crippen LogP contribution in [0.1, 0.15) is 29.8 Å². The van der Waals surface area contributed by atoms with Gasteiger partial charge in [-0.05, 0) is 45.0 Å². The Hall–Kier alpha value is -3.94. The van der Waals surface area contributed by atoms with E-state index in [1.807, 2.05) is 49.7 Å². The van der Waals surface area contributed by atoms with Gasteiger partial charge in [0.25, 0.3) is 5.56 Å². The number of fused-ring (bicyclic) bond motifs is 1. The average Bonchev–Trinajstić information content (AvgIpc) is 3.13. The second-order valence-corrected chi connectivity index (χ2v) is 7.58. The van der Waals surface area contributed by atoms with Crippen LogP contribution in [0.4, 0.5) is 0 Å². The van der Waals surface area contributed by atoms with Gasteiger partial charge >= 0.3 is 5.69 Å². The predicted octanol–water partition coefficient (Wildman–Crippen LogP) is 2.37. The SMILES string of the molecule is Cc1ccc(-n2ncc([C@@H](C)NC(=O)Cn3c(=O)[nH]c(=O)c4ccccc43)c2C)cc1. The Morgan fingerprint density at radius 3 is 2.55 bits per heavy atom. The zero-order valence-corrected chi connectivity index (χ0v) is 17.5. The molecule has 0 radical (unpaired) electrons. The Bertz CT molecular complexity index is 1380. The number of H-pyrrole nitrogens is 1. The van der Waals surface area contributed by atoms with Gasteiger partial charge in [-0.3, -0.25) is 19.1 Å². The minimum absolute atomic E-state index is 0.203. The lowest BCUT2D eigenvalue weighted by atomic mass is 10.1. The molecule has 158 valence electrons. The molecule has 1 atom stereocenters. The van der Waals surface area contributed by atoms with Crippen LogP contribution in [-0.2, 0) is 11.3 Å². The summed E-state index contributed by atoms with van der Waals surface area (Å²) < 4.78 is 3.10. The minimum atomic E-state index is -0.616. The molecule has 0 spiro atoms. The summed E-state index contributed by atoms with van der Waals surface area (Å²) in [5.41, 5.74) is 3.25. The summed E-state index contributed by atoms with van der Waals surface area (Å²) in [6.07, 6.45) is 1.74. The Labute approximate surface area is 178 Å². The second kappa shape index (κ2) is 8.06. The molecule has 0 bridgehead atoms. The molecule has 0 aliphatic rings. The van der Waals surface area contributed by atoms with E-state index in [0.717, 1.165) is 16.9 Å². The van der Waals surface area contributed by atoms with Gasteiger partial charge < -0.3 is 5.32 Å². The molecule has 2 aromatic carbocycles. The smallest absolute Gasteiger partial charge is 0.329 e. The Kier molecular flexibility index (Phi) is 5.29. The van der Waals surface area contributed by atoms with Crippen LogP contribution in [-0.4, -0.2) is 25.2 Å². The monoisotopic (exact) mass is 417 g/mol. The molecule has 31 heavy (non-hydrogen) atoms. The molecular weight excluding hydrogens is 394 g/mol. The molecule has 2 aromatic heterocycles. The maximum absolute atomic E-state index is 12.7. The third kappa shape index (κ3) is 3.92. The Balaban J connectivity index is 1.55. The van der Waals surface area contributed by atoms with Crippen molar-refractivity contribution in [1.82, 2.24) is 24.6 Å². The highest BCUT2D eigenvalue weighted by Crippen LogP contribution is 2.20. The maximum Gasteiger partial charge on any atom is 0.329 e. The molecule has 2 heterocycles. The molecule has 1 amide bonds. The largest absolute Gasteiger partial charge is 0.348 e. The number of para-hydroxylation sites is 1. The number of nitrogens with zero attached hydrogens (tertiary/aromatic N) is 3. The third-order valence-corrected chi connectivity index (χ3v) is 5.38. The van der Waals surface area contributed by atoms with Crippen molar-refractivity contribution < 1.29 is 4.79 Å². The first-order chi connectivity index (χ1) is 14.8. The van der Waals surface area contributed by atoms with Gasteiger partial charge in [0.15, 0.2) is 0 Å². The number of nitrogens with one attached hydrogen (secondary N) is 2. The van der Waals surface area contributed by atoms with E-state index in [9.17, 15) is 14.4 Å². The van der Waals surface area contributed by atoms with E-state index in [-0.39, 0.29) is 18.5 Å². The number of hydrogen-bond donors (Lipinski definition) is 2. The lowest BCUT2D eigenvalue weighted by Crippen LogP contribution is -2.37. The molecule has 8 heteroatoms. The van der Waals surface area contributed by atoms with Gasteiger partial charge in [0.05, 0.1) is 28.8 Å². The van der Waals surface area contributed by atoms with Gasteiger partial charge in [-0.2, -0.15) is 5.10 Å². The Morgan fingerprint density at radius 1 is 1.10 bits per heavy atom. The normalized spacial score (nSPS) is 12.1. The van der Waals surface area contributed by atoms with Crippen molar-refractivity contribution in [2.24, 2.45) is 0 Å². The van der Waals surface area contributed by atoms with E-state index in [4.69, 9.17) is 0 Å². The van der Waals surface area contributed by atoms with Gasteiger partial charge in [0.1, 0.15) is 6.54 Å². The van der Waals surface area contributed by atoms with Crippen LogP contribution < -0.4 is 16.6 Å². The second-order valence-electron chi connectivity index (χ2n) is 7.58. The van der Waals surface area contributed by atoms with Crippen molar-refractivity contribution in [3.8, 4) is 5.69 Å². The van der Waals surface area contributed by atoms with Gasteiger partial charge in [0, 0.05) is 11.3 Å². The van der Waals surface area contributed by atoms with Crippen molar-refractivity contribution in [1.29, 1.82) is 0 Å². The van der Waals surface area contributed by atoms with E-state index in [2.05, 4.69) is 15.4 Å². The van der Waals surface area contributed by atoms with E-state index in [1.54, 1.807) is 30.5 Å². The zero-order chi connectivity index (χ0) is 22.1. The van der Waals surface area contributed by atoms with Crippen LogP contribution in [0.3, 0.4) is 0 Å². The minimum Gasteiger partial charge on any atom is -0.348 e. The number of rotatable bonds is 5. The number of aryl methyl sites for hydroxylation is 1. The summed E-state index contributed by atoms with van der Waals surface area (Å²) in [5.74, 6) is -0.339. The number of benzene rings is 2. The first-order valence-electron chi connectivity index (χ1n) is 9.98. The number of carbonyl (C=O) groups is 1. The highest BCUT2D eigenvalue weighted by atomic mass is 16.2. The summed E-state index contributed by atoms with van der Waals surface area (Å²) in [5, 5.41) is 7.74. The summed E-state index contributed by atoms with van der Waals surface area (Å²) in [6.45, 7) is 5.64. The van der Waals surface area contributed by atoms with Gasteiger partial charge in [-0.25, -0.2) is 9.48 Å². The highest BCUT2D eigenvalue weighted by Gasteiger charge is 2.18. The molecule has 4 aromatic rings. The van der Waals surface area contributed by atoms with E-state index in [1.165, 1.54) is 10.1 Å². The molecule has 0 saturated carbocycles. The molecule has 2 N–H and O–H groups in total. The highest BCUT2D eigenvalue weighted by molar-refractivity contribution is 5.81. The van der Waals surface area contributed by atoms with Crippen LogP contribution in [0.25, 0.3) is 16.6 Å². The zero-order valence-electron chi connectivity index (χ0n) is 17.5. The van der Waals surface area contributed by atoms with E-state index < -0.39 is 11.2 Å². The summed E-state index contributed by atoms with van der Waals surface area (Å²) in [4.78, 5) is 39.3.